The molecule has 4 aromatic rings. The molecule has 10 nitrogen and oxygen atoms in total. The molecule has 0 unspecified atom stereocenters. The highest BCUT2D eigenvalue weighted by Gasteiger charge is 2.29. The molecule has 2 aromatic carbocycles. The van der Waals surface area contributed by atoms with Gasteiger partial charge in [-0.3, -0.25) is 9.59 Å². The number of hydrogen-bond acceptors (Lipinski definition) is 8. The molecular formula is C26H25N5O5. The Morgan fingerprint density at radius 1 is 0.944 bits per heavy atom. The van der Waals surface area contributed by atoms with E-state index in [9.17, 15) is 9.59 Å². The van der Waals surface area contributed by atoms with Crippen molar-refractivity contribution >= 4 is 34.4 Å². The van der Waals surface area contributed by atoms with Gasteiger partial charge in [0.15, 0.2) is 6.61 Å². The first-order valence-corrected chi connectivity index (χ1v) is 11.5. The third-order valence-electron chi connectivity index (χ3n) is 5.89. The topological polar surface area (TPSA) is 110 Å². The second-order valence-electron chi connectivity index (χ2n) is 8.14. The summed E-state index contributed by atoms with van der Waals surface area (Å²) >= 11 is 0. The summed E-state index contributed by atoms with van der Waals surface area (Å²) in [5.41, 5.74) is 0.858. The van der Waals surface area contributed by atoms with Crippen molar-refractivity contribution in [2.24, 2.45) is 0 Å². The summed E-state index contributed by atoms with van der Waals surface area (Å²) in [6.07, 6.45) is 3.39. The predicted octanol–water partition coefficient (Wildman–Crippen LogP) is 3.21. The Morgan fingerprint density at radius 3 is 2.36 bits per heavy atom. The fraction of sp³-hybridized carbons (Fsp3) is 0.231. The summed E-state index contributed by atoms with van der Waals surface area (Å²) in [6.45, 7) is 1.90. The first kappa shape index (κ1) is 23.2. The van der Waals surface area contributed by atoms with Gasteiger partial charge in [0.2, 0.25) is 11.7 Å². The molecule has 1 saturated heterocycles. The number of fused-ring (bicyclic) bond motifs is 1. The minimum absolute atomic E-state index is 0.0957. The summed E-state index contributed by atoms with van der Waals surface area (Å²) < 4.78 is 16.6. The number of amides is 2. The van der Waals surface area contributed by atoms with Gasteiger partial charge >= 0.3 is 0 Å². The highest BCUT2D eigenvalue weighted by molar-refractivity contribution is 6.11. The molecule has 1 fully saturated rings. The molecule has 1 aliphatic heterocycles. The molecule has 0 radical (unpaired) electrons. The lowest BCUT2D eigenvalue weighted by molar-refractivity contribution is -0.118. The zero-order chi connectivity index (χ0) is 24.9. The maximum atomic E-state index is 13.4. The van der Waals surface area contributed by atoms with Gasteiger partial charge in [0.25, 0.3) is 11.8 Å². The van der Waals surface area contributed by atoms with Crippen LogP contribution in [0.15, 0.2) is 71.4 Å². The first-order chi connectivity index (χ1) is 17.6. The van der Waals surface area contributed by atoms with E-state index in [-0.39, 0.29) is 18.3 Å². The lowest BCUT2D eigenvalue weighted by Crippen LogP contribution is -2.49. The summed E-state index contributed by atoms with van der Waals surface area (Å²) in [7, 11) is 1.58. The molecule has 184 valence electrons. The SMILES string of the molecule is COc1ccc(OCC(=O)Nc2c(C(=O)N3CCN(c4ncccn4)CC3)oc3ccccc23)cc1. The summed E-state index contributed by atoms with van der Waals surface area (Å²) in [5.74, 6) is 1.26. The molecule has 1 N–H and O–H groups in total. The van der Waals surface area contributed by atoms with Crippen molar-refractivity contribution in [3.63, 3.8) is 0 Å². The van der Waals surface area contributed by atoms with Crippen LogP contribution in [0.1, 0.15) is 10.6 Å². The zero-order valence-corrected chi connectivity index (χ0v) is 19.7. The van der Waals surface area contributed by atoms with Crippen molar-refractivity contribution in [1.82, 2.24) is 14.9 Å². The van der Waals surface area contributed by atoms with Crippen LogP contribution in [0.3, 0.4) is 0 Å². The highest BCUT2D eigenvalue weighted by Crippen LogP contribution is 2.32. The van der Waals surface area contributed by atoms with E-state index in [2.05, 4.69) is 15.3 Å². The molecular weight excluding hydrogens is 462 g/mol. The number of carbonyl (C=O) groups is 2. The fourth-order valence-electron chi connectivity index (χ4n) is 4.02. The van der Waals surface area contributed by atoms with Crippen LogP contribution in [0.5, 0.6) is 11.5 Å². The number of methoxy groups -OCH3 is 1. The van der Waals surface area contributed by atoms with Gasteiger partial charge in [-0.1, -0.05) is 12.1 Å². The largest absolute Gasteiger partial charge is 0.497 e. The van der Waals surface area contributed by atoms with E-state index >= 15 is 0 Å². The van der Waals surface area contributed by atoms with Crippen molar-refractivity contribution in [3.05, 3.63) is 72.8 Å². The second-order valence-corrected chi connectivity index (χ2v) is 8.14. The molecule has 0 atom stereocenters. The van der Waals surface area contributed by atoms with Crippen LogP contribution in [0, 0.1) is 0 Å². The van der Waals surface area contributed by atoms with Gasteiger partial charge in [-0.25, -0.2) is 9.97 Å². The predicted molar refractivity (Wildman–Crippen MR) is 133 cm³/mol. The molecule has 2 aromatic heterocycles. The molecule has 5 rings (SSSR count). The van der Waals surface area contributed by atoms with Gasteiger partial charge in [-0.15, -0.1) is 0 Å². The molecule has 0 spiro atoms. The maximum absolute atomic E-state index is 13.4. The van der Waals surface area contributed by atoms with Crippen molar-refractivity contribution in [2.75, 3.05) is 50.1 Å². The number of rotatable bonds is 7. The maximum Gasteiger partial charge on any atom is 0.291 e. The van der Waals surface area contributed by atoms with Crippen molar-refractivity contribution in [2.45, 2.75) is 0 Å². The fourth-order valence-corrected chi connectivity index (χ4v) is 4.02. The highest BCUT2D eigenvalue weighted by atomic mass is 16.5. The van der Waals surface area contributed by atoms with E-state index in [0.717, 1.165) is 0 Å². The smallest absolute Gasteiger partial charge is 0.291 e. The lowest BCUT2D eigenvalue weighted by Gasteiger charge is -2.34. The normalized spacial score (nSPS) is 13.5. The number of carbonyl (C=O) groups excluding carboxylic acids is 2. The van der Waals surface area contributed by atoms with Crippen LogP contribution < -0.4 is 19.7 Å². The molecule has 2 amide bonds. The number of ether oxygens (including phenoxy) is 2. The molecule has 0 aliphatic carbocycles. The number of anilines is 2. The average Bonchev–Trinajstić information content (AvgIpc) is 3.30. The van der Waals surface area contributed by atoms with Gasteiger partial charge in [0.1, 0.15) is 22.8 Å². The number of hydrogen-bond donors (Lipinski definition) is 1. The van der Waals surface area contributed by atoms with Crippen molar-refractivity contribution in [1.29, 1.82) is 0 Å². The van der Waals surface area contributed by atoms with Gasteiger partial charge in [0.05, 0.1) is 7.11 Å². The van der Waals surface area contributed by atoms with Crippen LogP contribution in [-0.2, 0) is 4.79 Å². The van der Waals surface area contributed by atoms with E-state index in [4.69, 9.17) is 13.9 Å². The number of benzene rings is 2. The van der Waals surface area contributed by atoms with Gasteiger partial charge in [-0.2, -0.15) is 0 Å². The monoisotopic (exact) mass is 487 g/mol. The van der Waals surface area contributed by atoms with Crippen LogP contribution in [0.4, 0.5) is 11.6 Å². The van der Waals surface area contributed by atoms with E-state index < -0.39 is 5.91 Å². The molecule has 36 heavy (non-hydrogen) atoms. The van der Waals surface area contributed by atoms with Gasteiger partial charge in [-0.05, 0) is 42.5 Å². The van der Waals surface area contributed by atoms with Crippen LogP contribution in [0.2, 0.25) is 0 Å². The van der Waals surface area contributed by atoms with Gasteiger partial charge in [0, 0.05) is 44.0 Å². The van der Waals surface area contributed by atoms with E-state index in [0.29, 0.717) is 60.3 Å². The molecule has 1 aliphatic rings. The Bertz CT molecular complexity index is 1350. The number of aromatic nitrogens is 2. The molecule has 3 heterocycles. The summed E-state index contributed by atoms with van der Waals surface area (Å²) in [4.78, 5) is 38.5. The minimum Gasteiger partial charge on any atom is -0.497 e. The number of para-hydroxylation sites is 1. The van der Waals surface area contributed by atoms with Crippen LogP contribution >= 0.6 is 0 Å². The Morgan fingerprint density at radius 2 is 1.64 bits per heavy atom. The third-order valence-corrected chi connectivity index (χ3v) is 5.89. The van der Waals surface area contributed by atoms with Gasteiger partial charge < -0.3 is 29.0 Å². The standard InChI is InChI=1S/C26H25N5O5/c1-34-18-7-9-19(10-8-18)35-17-22(32)29-23-20-5-2-3-6-21(20)36-24(23)25(33)30-13-15-31(16-14-30)26-27-11-4-12-28-26/h2-12H,13-17H2,1H3,(H,29,32). The van der Waals surface area contributed by atoms with Crippen LogP contribution in [-0.4, -0.2) is 66.6 Å². The number of nitrogens with one attached hydrogen (secondary N) is 1. The second kappa shape index (κ2) is 10.3. The molecule has 10 heteroatoms. The van der Waals surface area contributed by atoms with Crippen molar-refractivity contribution < 1.29 is 23.5 Å². The Kier molecular flexibility index (Phi) is 6.65. The van der Waals surface area contributed by atoms with E-state index in [1.165, 1.54) is 0 Å². The molecule has 0 saturated carbocycles. The van der Waals surface area contributed by atoms with E-state index in [1.807, 2.05) is 17.0 Å². The number of nitrogens with zero attached hydrogens (tertiary/aromatic N) is 4. The Balaban J connectivity index is 1.29. The number of piperazine rings is 1. The Hall–Kier alpha value is -4.60. The average molecular weight is 488 g/mol. The first-order valence-electron chi connectivity index (χ1n) is 11.5. The van der Waals surface area contributed by atoms with Crippen molar-refractivity contribution in [3.8, 4) is 11.5 Å². The Labute approximate surface area is 207 Å². The summed E-state index contributed by atoms with van der Waals surface area (Å²) in [6, 6.07) is 15.9. The quantitative estimate of drug-likeness (QED) is 0.423. The third kappa shape index (κ3) is 4.92. The van der Waals surface area contributed by atoms with Crippen LogP contribution in [0.25, 0.3) is 11.0 Å². The zero-order valence-electron chi connectivity index (χ0n) is 19.7. The molecule has 0 bridgehead atoms. The summed E-state index contributed by atoms with van der Waals surface area (Å²) in [5, 5.41) is 3.47. The minimum atomic E-state index is -0.405. The van der Waals surface area contributed by atoms with E-state index in [1.54, 1.807) is 66.9 Å². The number of furan rings is 1. The lowest BCUT2D eigenvalue weighted by atomic mass is 10.2.